The summed E-state index contributed by atoms with van der Waals surface area (Å²) in [5.41, 5.74) is 4.87. The molecule has 0 bridgehead atoms. The van der Waals surface area contributed by atoms with Crippen molar-refractivity contribution >= 4 is 15.9 Å². The van der Waals surface area contributed by atoms with Gasteiger partial charge in [-0.15, -0.1) is 0 Å². The summed E-state index contributed by atoms with van der Waals surface area (Å²) in [5, 5.41) is 4.66. The zero-order chi connectivity index (χ0) is 24.6. The average molecular weight is 471 g/mol. The first-order valence-corrected chi connectivity index (χ1v) is 12.0. The highest BCUT2D eigenvalue weighted by Gasteiger charge is 2.28. The van der Waals surface area contributed by atoms with Gasteiger partial charge in [0.15, 0.2) is 0 Å². The number of amides is 1. The monoisotopic (exact) mass is 470 g/mol. The zero-order valence-corrected chi connectivity index (χ0v) is 20.9. The Morgan fingerprint density at radius 3 is 2.33 bits per heavy atom. The van der Waals surface area contributed by atoms with Crippen molar-refractivity contribution in [3.8, 4) is 5.88 Å². The molecule has 0 saturated carbocycles. The van der Waals surface area contributed by atoms with Crippen LogP contribution >= 0.6 is 0 Å². The molecule has 2 aromatic heterocycles. The zero-order valence-electron chi connectivity index (χ0n) is 20.1. The molecule has 1 amide bonds. The molecule has 33 heavy (non-hydrogen) atoms. The number of benzene rings is 1. The van der Waals surface area contributed by atoms with Crippen LogP contribution in [0.1, 0.15) is 59.2 Å². The number of nitrogens with zero attached hydrogens (tertiary/aromatic N) is 3. The maximum Gasteiger partial charge on any atom is 0.283 e. The van der Waals surface area contributed by atoms with Gasteiger partial charge in [-0.1, -0.05) is 38.5 Å². The van der Waals surface area contributed by atoms with Gasteiger partial charge >= 0.3 is 0 Å². The van der Waals surface area contributed by atoms with Gasteiger partial charge in [-0.2, -0.15) is 5.10 Å². The van der Waals surface area contributed by atoms with Crippen molar-refractivity contribution in [2.45, 2.75) is 58.4 Å². The summed E-state index contributed by atoms with van der Waals surface area (Å²) in [6.45, 7) is 12.4. The van der Waals surface area contributed by atoms with Crippen molar-refractivity contribution in [2.75, 3.05) is 7.11 Å². The minimum atomic E-state index is -4.22. The average Bonchev–Trinajstić information content (AvgIpc) is 3.15. The molecule has 3 aromatic rings. The van der Waals surface area contributed by atoms with Gasteiger partial charge in [0.25, 0.3) is 15.9 Å². The van der Waals surface area contributed by atoms with E-state index in [0.717, 1.165) is 22.3 Å². The Hall–Kier alpha value is -3.20. The standard InChI is InChI=1S/C24H30N4O4S/c1-15-11-16(2)18(17(3)12-15)14-28-19(13-21(26-28)24(4,5)6)22(29)27-33(30,31)20-9-8-10-25-23(20)32-7/h8-13H,14H2,1-7H3,(H,27,29). The van der Waals surface area contributed by atoms with Gasteiger partial charge in [-0.25, -0.2) is 18.1 Å². The van der Waals surface area contributed by atoms with E-state index < -0.39 is 15.9 Å². The van der Waals surface area contributed by atoms with Crippen LogP contribution in [0.4, 0.5) is 0 Å². The van der Waals surface area contributed by atoms with Gasteiger partial charge in [0.2, 0.25) is 5.88 Å². The number of carbonyl (C=O) groups excluding carboxylic acids is 1. The molecule has 3 rings (SSSR count). The summed E-state index contributed by atoms with van der Waals surface area (Å²) in [4.78, 5) is 16.9. The smallest absolute Gasteiger partial charge is 0.283 e. The van der Waals surface area contributed by atoms with Gasteiger partial charge in [0.1, 0.15) is 10.6 Å². The lowest BCUT2D eigenvalue weighted by molar-refractivity contribution is 0.0971. The molecular formula is C24H30N4O4S. The number of sulfonamides is 1. The van der Waals surface area contributed by atoms with E-state index in [2.05, 4.69) is 26.9 Å². The fourth-order valence-electron chi connectivity index (χ4n) is 3.66. The van der Waals surface area contributed by atoms with Crippen LogP contribution in [-0.4, -0.2) is 36.2 Å². The first-order valence-electron chi connectivity index (χ1n) is 10.5. The molecule has 8 nitrogen and oxygen atoms in total. The Morgan fingerprint density at radius 2 is 1.76 bits per heavy atom. The summed E-state index contributed by atoms with van der Waals surface area (Å²) in [6.07, 6.45) is 1.41. The summed E-state index contributed by atoms with van der Waals surface area (Å²) >= 11 is 0. The number of pyridine rings is 1. The second-order valence-electron chi connectivity index (χ2n) is 9.15. The number of aryl methyl sites for hydroxylation is 3. The van der Waals surface area contributed by atoms with E-state index in [0.29, 0.717) is 12.2 Å². The quantitative estimate of drug-likeness (QED) is 0.590. The fourth-order valence-corrected chi connectivity index (χ4v) is 4.74. The molecule has 1 aromatic carbocycles. The molecule has 2 heterocycles. The van der Waals surface area contributed by atoms with Crippen LogP contribution in [0.5, 0.6) is 5.88 Å². The molecule has 0 fully saturated rings. The highest BCUT2D eigenvalue weighted by atomic mass is 32.2. The van der Waals surface area contributed by atoms with Crippen molar-refractivity contribution < 1.29 is 17.9 Å². The third-order valence-electron chi connectivity index (χ3n) is 5.38. The van der Waals surface area contributed by atoms with Crippen molar-refractivity contribution in [3.63, 3.8) is 0 Å². The van der Waals surface area contributed by atoms with E-state index in [1.165, 1.54) is 25.4 Å². The second-order valence-corrected chi connectivity index (χ2v) is 10.8. The molecule has 0 spiro atoms. The first kappa shape index (κ1) is 24.4. The fraction of sp³-hybridized carbons (Fsp3) is 0.375. The lowest BCUT2D eigenvalue weighted by Gasteiger charge is -2.15. The third-order valence-corrected chi connectivity index (χ3v) is 6.72. The second kappa shape index (κ2) is 8.97. The topological polar surface area (TPSA) is 103 Å². The van der Waals surface area contributed by atoms with Crippen LogP contribution in [0.15, 0.2) is 41.4 Å². The molecular weight excluding hydrogens is 440 g/mol. The Bertz CT molecular complexity index is 1280. The minimum Gasteiger partial charge on any atom is -0.480 e. The molecule has 0 aliphatic heterocycles. The Balaban J connectivity index is 2.03. The largest absolute Gasteiger partial charge is 0.480 e. The van der Waals surface area contributed by atoms with E-state index in [4.69, 9.17) is 4.74 Å². The summed E-state index contributed by atoms with van der Waals surface area (Å²) in [6, 6.07) is 8.60. The van der Waals surface area contributed by atoms with Crippen molar-refractivity contribution in [1.29, 1.82) is 0 Å². The first-order chi connectivity index (χ1) is 15.3. The summed E-state index contributed by atoms with van der Waals surface area (Å²) < 4.78 is 34.6. The van der Waals surface area contributed by atoms with E-state index in [1.54, 1.807) is 10.7 Å². The van der Waals surface area contributed by atoms with Gasteiger partial charge in [-0.3, -0.25) is 9.48 Å². The number of aromatic nitrogens is 3. The minimum absolute atomic E-state index is 0.0902. The van der Waals surface area contributed by atoms with Crippen LogP contribution in [0, 0.1) is 20.8 Å². The van der Waals surface area contributed by atoms with Crippen molar-refractivity contribution in [1.82, 2.24) is 19.5 Å². The maximum atomic E-state index is 13.2. The normalized spacial score (nSPS) is 12.0. The lowest BCUT2D eigenvalue weighted by Crippen LogP contribution is -2.32. The number of hydrogen-bond acceptors (Lipinski definition) is 6. The van der Waals surface area contributed by atoms with Crippen LogP contribution < -0.4 is 9.46 Å². The van der Waals surface area contributed by atoms with Crippen molar-refractivity contribution in [3.05, 3.63) is 70.2 Å². The van der Waals surface area contributed by atoms with Crippen LogP contribution in [-0.2, 0) is 22.0 Å². The summed E-state index contributed by atoms with van der Waals surface area (Å²) in [7, 11) is -2.90. The number of nitrogens with one attached hydrogen (secondary N) is 1. The van der Waals surface area contributed by atoms with Crippen LogP contribution in [0.3, 0.4) is 0 Å². The Labute approximate surface area is 195 Å². The number of rotatable bonds is 6. The van der Waals surface area contributed by atoms with E-state index in [9.17, 15) is 13.2 Å². The molecule has 0 aliphatic carbocycles. The van der Waals surface area contributed by atoms with E-state index in [1.807, 2.05) is 41.5 Å². The van der Waals surface area contributed by atoms with Gasteiger partial charge in [0, 0.05) is 11.6 Å². The predicted molar refractivity (Wildman–Crippen MR) is 126 cm³/mol. The number of carbonyl (C=O) groups is 1. The van der Waals surface area contributed by atoms with Crippen LogP contribution in [0.25, 0.3) is 0 Å². The summed E-state index contributed by atoms with van der Waals surface area (Å²) in [5.74, 6) is -0.862. The molecule has 0 radical (unpaired) electrons. The predicted octanol–water partition coefficient (Wildman–Crippen LogP) is 3.68. The highest BCUT2D eigenvalue weighted by Crippen LogP contribution is 2.25. The van der Waals surface area contributed by atoms with Crippen molar-refractivity contribution in [2.24, 2.45) is 0 Å². The molecule has 0 saturated heterocycles. The molecule has 176 valence electrons. The third kappa shape index (κ3) is 5.24. The van der Waals surface area contributed by atoms with Gasteiger partial charge in [0.05, 0.1) is 19.3 Å². The van der Waals surface area contributed by atoms with E-state index in [-0.39, 0.29) is 21.9 Å². The molecule has 9 heteroatoms. The number of methoxy groups -OCH3 is 1. The molecule has 0 atom stereocenters. The lowest BCUT2D eigenvalue weighted by atomic mass is 9.92. The Morgan fingerprint density at radius 1 is 1.12 bits per heavy atom. The van der Waals surface area contributed by atoms with E-state index >= 15 is 0 Å². The number of ether oxygens (including phenoxy) is 1. The molecule has 0 aliphatic rings. The number of hydrogen-bond donors (Lipinski definition) is 1. The van der Waals surface area contributed by atoms with Gasteiger partial charge < -0.3 is 4.74 Å². The van der Waals surface area contributed by atoms with Crippen LogP contribution in [0.2, 0.25) is 0 Å². The SMILES string of the molecule is COc1ncccc1S(=O)(=O)NC(=O)c1cc(C(C)(C)C)nn1Cc1c(C)cc(C)cc1C. The van der Waals surface area contributed by atoms with Gasteiger partial charge in [-0.05, 0) is 55.7 Å². The highest BCUT2D eigenvalue weighted by molar-refractivity contribution is 7.90. The molecule has 1 N–H and O–H groups in total. The maximum absolute atomic E-state index is 13.2. The molecule has 0 unspecified atom stereocenters. The Kier molecular flexibility index (Phi) is 6.65.